The van der Waals surface area contributed by atoms with Crippen LogP contribution in [-0.2, 0) is 0 Å². The van der Waals surface area contributed by atoms with Gasteiger partial charge in [-0.15, -0.1) is 0 Å². The van der Waals surface area contributed by atoms with Gasteiger partial charge in [-0.25, -0.2) is 0 Å². The van der Waals surface area contributed by atoms with Gasteiger partial charge >= 0.3 is 0 Å². The highest BCUT2D eigenvalue weighted by Gasteiger charge is 1.91. The molecule has 1 rings (SSSR count). The Morgan fingerprint density at radius 3 is 2.75 bits per heavy atom. The van der Waals surface area contributed by atoms with Crippen molar-refractivity contribution in [1.29, 1.82) is 0 Å². The molecule has 0 amide bonds. The summed E-state index contributed by atoms with van der Waals surface area (Å²) >= 11 is 5.43. The maximum absolute atomic E-state index is 9.98. The molecule has 8 heavy (non-hydrogen) atoms. The molecule has 0 radical (unpaired) electrons. The van der Waals surface area contributed by atoms with E-state index in [1.807, 2.05) is 0 Å². The Labute approximate surface area is 51.8 Å². The highest BCUT2D eigenvalue weighted by Crippen LogP contribution is 1.98. The van der Waals surface area contributed by atoms with E-state index in [2.05, 4.69) is 0 Å². The molecule has 0 aliphatic rings. The van der Waals surface area contributed by atoms with Crippen molar-refractivity contribution in [1.82, 2.24) is 4.09 Å². The number of hydrogen-bond donors (Lipinski definition) is 0. The zero-order valence-electron chi connectivity index (χ0n) is 4.04. The van der Waals surface area contributed by atoms with E-state index in [0.29, 0.717) is 12.0 Å². The van der Waals surface area contributed by atoms with Crippen LogP contribution >= 0.6 is 11.8 Å². The van der Waals surface area contributed by atoms with E-state index in [-0.39, 0.29) is 0 Å². The molecule has 0 saturated heterocycles. The molecule has 0 spiro atoms. The van der Waals surface area contributed by atoms with Gasteiger partial charge in [-0.3, -0.25) is 8.88 Å². The van der Waals surface area contributed by atoms with Gasteiger partial charge < -0.3 is 0 Å². The Kier molecular flexibility index (Phi) is 1.35. The summed E-state index contributed by atoms with van der Waals surface area (Å²) in [6.07, 6.45) is 2.30. The Bertz CT molecular complexity index is 194. The van der Waals surface area contributed by atoms with E-state index >= 15 is 0 Å². The molecule has 2 nitrogen and oxygen atoms in total. The third-order valence-electron chi connectivity index (χ3n) is 0.851. The zero-order chi connectivity index (χ0) is 5.98. The van der Waals surface area contributed by atoms with E-state index in [4.69, 9.17) is 11.8 Å². The first-order valence-corrected chi connectivity index (χ1v) is 2.47. The number of nitrogens with zero attached hydrogens (tertiary/aromatic N) is 1. The van der Waals surface area contributed by atoms with Gasteiger partial charge in [-0.1, -0.05) is 0 Å². The minimum absolute atomic E-state index is 0.478. The van der Waals surface area contributed by atoms with Crippen LogP contribution in [0.5, 0.6) is 0 Å². The topological polar surface area (TPSA) is 22.0 Å². The molecule has 0 bridgehead atoms. The van der Waals surface area contributed by atoms with Crippen LogP contribution < -0.4 is 0 Å². The number of carbonyl (C=O) groups is 1. The SMILES string of the molecule is O=Cc1cccn1Cl. The number of hydrogen-bond acceptors (Lipinski definition) is 1. The summed E-state index contributed by atoms with van der Waals surface area (Å²) in [5, 5.41) is 0. The normalized spacial score (nSPS) is 9.12. The maximum Gasteiger partial charge on any atom is 0.167 e. The second kappa shape index (κ2) is 2.01. The molecule has 0 aliphatic heterocycles. The molecular formula is C5H4ClNO. The summed E-state index contributed by atoms with van der Waals surface area (Å²) in [6, 6.07) is 3.34. The summed E-state index contributed by atoms with van der Waals surface area (Å²) in [4.78, 5) is 9.98. The molecule has 0 unspecified atom stereocenters. The van der Waals surface area contributed by atoms with Crippen molar-refractivity contribution in [2.45, 2.75) is 0 Å². The predicted molar refractivity (Wildman–Crippen MR) is 31.1 cm³/mol. The molecule has 42 valence electrons. The number of aromatic nitrogens is 1. The van der Waals surface area contributed by atoms with Crippen LogP contribution in [0, 0.1) is 0 Å². The van der Waals surface area contributed by atoms with E-state index in [1.54, 1.807) is 18.3 Å². The van der Waals surface area contributed by atoms with Crippen LogP contribution in [-0.4, -0.2) is 10.4 Å². The predicted octanol–water partition coefficient (Wildman–Crippen LogP) is 1.30. The molecule has 1 aromatic heterocycles. The maximum atomic E-state index is 9.98. The summed E-state index contributed by atoms with van der Waals surface area (Å²) < 4.78 is 1.24. The van der Waals surface area contributed by atoms with Crippen LogP contribution in [0.2, 0.25) is 0 Å². The lowest BCUT2D eigenvalue weighted by Crippen LogP contribution is -1.83. The molecule has 3 heteroatoms. The van der Waals surface area contributed by atoms with Gasteiger partial charge in [0.25, 0.3) is 0 Å². The molecule has 0 N–H and O–H groups in total. The molecule has 1 heterocycles. The highest BCUT2D eigenvalue weighted by molar-refractivity contribution is 6.17. The van der Waals surface area contributed by atoms with E-state index in [0.717, 1.165) is 0 Å². The molecule has 0 aliphatic carbocycles. The molecule has 0 atom stereocenters. The van der Waals surface area contributed by atoms with Crippen molar-refractivity contribution in [3.8, 4) is 0 Å². The van der Waals surface area contributed by atoms with Gasteiger partial charge in [0.1, 0.15) is 0 Å². The minimum atomic E-state index is 0.478. The summed E-state index contributed by atoms with van der Waals surface area (Å²) in [6.45, 7) is 0. The van der Waals surface area contributed by atoms with Gasteiger partial charge in [0.15, 0.2) is 6.29 Å². The summed E-state index contributed by atoms with van der Waals surface area (Å²) in [5.74, 6) is 0. The van der Waals surface area contributed by atoms with E-state index < -0.39 is 0 Å². The molecular weight excluding hydrogens is 126 g/mol. The van der Waals surface area contributed by atoms with Crippen molar-refractivity contribution in [2.24, 2.45) is 0 Å². The largest absolute Gasteiger partial charge is 0.296 e. The monoisotopic (exact) mass is 129 g/mol. The molecule has 0 aromatic carbocycles. The van der Waals surface area contributed by atoms with Gasteiger partial charge in [0, 0.05) is 18.0 Å². The van der Waals surface area contributed by atoms with Crippen LogP contribution in [0.15, 0.2) is 18.3 Å². The first kappa shape index (κ1) is 5.38. The van der Waals surface area contributed by atoms with Gasteiger partial charge in [0.05, 0.1) is 5.69 Å². The van der Waals surface area contributed by atoms with Crippen molar-refractivity contribution in [2.75, 3.05) is 0 Å². The Morgan fingerprint density at radius 2 is 2.50 bits per heavy atom. The van der Waals surface area contributed by atoms with Crippen molar-refractivity contribution >= 4 is 18.1 Å². The van der Waals surface area contributed by atoms with E-state index in [1.165, 1.54) is 4.09 Å². The van der Waals surface area contributed by atoms with Gasteiger partial charge in [-0.05, 0) is 12.1 Å². The fraction of sp³-hybridized carbons (Fsp3) is 0. The fourth-order valence-electron chi connectivity index (χ4n) is 0.464. The Balaban J connectivity index is 3.09. The minimum Gasteiger partial charge on any atom is -0.296 e. The lowest BCUT2D eigenvalue weighted by molar-refractivity contribution is 0.111. The number of rotatable bonds is 1. The smallest absolute Gasteiger partial charge is 0.167 e. The van der Waals surface area contributed by atoms with Crippen LogP contribution in [0.3, 0.4) is 0 Å². The highest BCUT2D eigenvalue weighted by atomic mass is 35.5. The van der Waals surface area contributed by atoms with E-state index in [9.17, 15) is 4.79 Å². The quantitative estimate of drug-likeness (QED) is 0.524. The number of carbonyl (C=O) groups excluding carboxylic acids is 1. The average molecular weight is 130 g/mol. The lowest BCUT2D eigenvalue weighted by Gasteiger charge is -1.84. The first-order chi connectivity index (χ1) is 3.84. The zero-order valence-corrected chi connectivity index (χ0v) is 4.80. The van der Waals surface area contributed by atoms with Crippen LogP contribution in [0.1, 0.15) is 10.5 Å². The Hall–Kier alpha value is -0.760. The molecule has 1 aromatic rings. The third kappa shape index (κ3) is 0.746. The standard InChI is InChI=1S/C5H4ClNO/c6-7-3-1-2-5(7)4-8/h1-4H. The Morgan fingerprint density at radius 1 is 1.75 bits per heavy atom. The van der Waals surface area contributed by atoms with Gasteiger partial charge in [0.2, 0.25) is 0 Å². The second-order valence-electron chi connectivity index (χ2n) is 1.36. The number of halogens is 1. The van der Waals surface area contributed by atoms with Crippen molar-refractivity contribution in [3.63, 3.8) is 0 Å². The summed E-state index contributed by atoms with van der Waals surface area (Å²) in [5.41, 5.74) is 0.478. The number of aldehydes is 1. The second-order valence-corrected chi connectivity index (χ2v) is 1.73. The average Bonchev–Trinajstić information content (AvgIpc) is 2.14. The lowest BCUT2D eigenvalue weighted by atomic mass is 10.5. The van der Waals surface area contributed by atoms with Crippen molar-refractivity contribution < 1.29 is 4.79 Å². The fourth-order valence-corrected chi connectivity index (χ4v) is 0.625. The molecule has 0 saturated carbocycles. The summed E-state index contributed by atoms with van der Waals surface area (Å²) in [7, 11) is 0. The first-order valence-electron chi connectivity index (χ1n) is 2.13. The molecule has 0 fully saturated rings. The van der Waals surface area contributed by atoms with Crippen molar-refractivity contribution in [3.05, 3.63) is 24.0 Å². The van der Waals surface area contributed by atoms with Crippen LogP contribution in [0.4, 0.5) is 0 Å². The van der Waals surface area contributed by atoms with Gasteiger partial charge in [-0.2, -0.15) is 0 Å². The third-order valence-corrected chi connectivity index (χ3v) is 1.16. The van der Waals surface area contributed by atoms with Crippen LogP contribution in [0.25, 0.3) is 0 Å².